The third-order valence-corrected chi connectivity index (χ3v) is 4.00. The number of nitrogens with one attached hydrogen (secondary N) is 1. The zero-order valence-corrected chi connectivity index (χ0v) is 14.7. The first kappa shape index (κ1) is 18.3. The van der Waals surface area contributed by atoms with Crippen LogP contribution in [0, 0.1) is 0 Å². The summed E-state index contributed by atoms with van der Waals surface area (Å²) >= 11 is 6.51. The van der Waals surface area contributed by atoms with E-state index in [2.05, 4.69) is 56.1 Å². The van der Waals surface area contributed by atoms with Crippen molar-refractivity contribution in [2.24, 2.45) is 0 Å². The van der Waals surface area contributed by atoms with Gasteiger partial charge in [-0.25, -0.2) is 0 Å². The van der Waals surface area contributed by atoms with E-state index in [1.54, 1.807) is 7.11 Å². The number of hydrogen-bond acceptors (Lipinski definition) is 3. The van der Waals surface area contributed by atoms with E-state index in [0.717, 1.165) is 30.2 Å². The summed E-state index contributed by atoms with van der Waals surface area (Å²) in [6.07, 6.45) is 1.08. The number of anilines is 1. The van der Waals surface area contributed by atoms with Gasteiger partial charge in [0.15, 0.2) is 0 Å². The average molecular weight is 313 g/mol. The van der Waals surface area contributed by atoms with Crippen LogP contribution >= 0.6 is 11.6 Å². The number of methoxy groups -OCH3 is 1. The molecule has 1 aromatic carbocycles. The Labute approximate surface area is 134 Å². The molecule has 21 heavy (non-hydrogen) atoms. The fourth-order valence-electron chi connectivity index (χ4n) is 2.20. The van der Waals surface area contributed by atoms with Gasteiger partial charge in [-0.1, -0.05) is 38.4 Å². The van der Waals surface area contributed by atoms with Gasteiger partial charge < -0.3 is 15.0 Å². The standard InChI is InChI=1S/C17H29ClN2O/c1-6-14(4)20(9-10-21-5)17-8-7-15(11-16(17)18)12-19-13(2)3/h7-8,11,13-14,19H,6,9-10,12H2,1-5H3. The van der Waals surface area contributed by atoms with Crippen LogP contribution in [0.1, 0.15) is 39.7 Å². The number of rotatable bonds is 9. The first-order chi connectivity index (χ1) is 9.99. The molecule has 0 heterocycles. The zero-order valence-electron chi connectivity index (χ0n) is 13.9. The molecule has 0 radical (unpaired) electrons. The minimum absolute atomic E-state index is 0.442. The second-order valence-electron chi connectivity index (χ2n) is 5.76. The summed E-state index contributed by atoms with van der Waals surface area (Å²) in [6.45, 7) is 11.1. The predicted molar refractivity (Wildman–Crippen MR) is 92.4 cm³/mol. The molecule has 120 valence electrons. The lowest BCUT2D eigenvalue weighted by molar-refractivity contribution is 0.203. The number of hydrogen-bond donors (Lipinski definition) is 1. The molecule has 1 N–H and O–H groups in total. The minimum atomic E-state index is 0.442. The van der Waals surface area contributed by atoms with E-state index in [0.29, 0.717) is 18.7 Å². The second-order valence-corrected chi connectivity index (χ2v) is 6.17. The summed E-state index contributed by atoms with van der Waals surface area (Å²) in [6, 6.07) is 7.26. The highest BCUT2D eigenvalue weighted by atomic mass is 35.5. The highest BCUT2D eigenvalue weighted by molar-refractivity contribution is 6.33. The lowest BCUT2D eigenvalue weighted by Gasteiger charge is -2.31. The van der Waals surface area contributed by atoms with Crippen molar-refractivity contribution in [1.29, 1.82) is 0 Å². The molecule has 0 aliphatic carbocycles. The molecule has 0 spiro atoms. The molecule has 1 atom stereocenters. The summed E-state index contributed by atoms with van der Waals surface area (Å²) in [7, 11) is 1.73. The van der Waals surface area contributed by atoms with Crippen molar-refractivity contribution in [2.45, 2.75) is 52.7 Å². The fourth-order valence-corrected chi connectivity index (χ4v) is 2.52. The van der Waals surface area contributed by atoms with Crippen LogP contribution in [0.2, 0.25) is 5.02 Å². The Hall–Kier alpha value is -0.770. The van der Waals surface area contributed by atoms with E-state index in [9.17, 15) is 0 Å². The lowest BCUT2D eigenvalue weighted by atomic mass is 10.1. The van der Waals surface area contributed by atoms with Gasteiger partial charge in [0.2, 0.25) is 0 Å². The van der Waals surface area contributed by atoms with E-state index in [1.807, 2.05) is 0 Å². The Morgan fingerprint density at radius 1 is 1.29 bits per heavy atom. The summed E-state index contributed by atoms with van der Waals surface area (Å²) in [5.74, 6) is 0. The van der Waals surface area contributed by atoms with Crippen LogP contribution < -0.4 is 10.2 Å². The molecule has 4 heteroatoms. The maximum absolute atomic E-state index is 6.51. The summed E-state index contributed by atoms with van der Waals surface area (Å²) in [4.78, 5) is 2.32. The van der Waals surface area contributed by atoms with Crippen LogP contribution in [0.25, 0.3) is 0 Å². The van der Waals surface area contributed by atoms with Gasteiger partial charge in [0.1, 0.15) is 0 Å². The zero-order chi connectivity index (χ0) is 15.8. The normalized spacial score (nSPS) is 12.7. The summed E-state index contributed by atoms with van der Waals surface area (Å²) in [5, 5.41) is 4.23. The smallest absolute Gasteiger partial charge is 0.0642 e. The monoisotopic (exact) mass is 312 g/mol. The molecule has 0 bridgehead atoms. The Morgan fingerprint density at radius 3 is 2.52 bits per heavy atom. The van der Waals surface area contributed by atoms with Gasteiger partial charge in [-0.05, 0) is 31.0 Å². The molecule has 1 aromatic rings. The second kappa shape index (κ2) is 9.29. The van der Waals surface area contributed by atoms with Crippen molar-refractivity contribution >= 4 is 17.3 Å². The number of benzene rings is 1. The molecule has 1 rings (SSSR count). The number of ether oxygens (including phenoxy) is 1. The highest BCUT2D eigenvalue weighted by Crippen LogP contribution is 2.29. The van der Waals surface area contributed by atoms with Crippen molar-refractivity contribution in [2.75, 3.05) is 25.2 Å². The SMILES string of the molecule is CCC(C)N(CCOC)c1ccc(CNC(C)C)cc1Cl. The van der Waals surface area contributed by atoms with E-state index in [-0.39, 0.29) is 0 Å². The lowest BCUT2D eigenvalue weighted by Crippen LogP contribution is -2.35. The quantitative estimate of drug-likeness (QED) is 0.743. The molecule has 1 unspecified atom stereocenters. The summed E-state index contributed by atoms with van der Waals surface area (Å²) < 4.78 is 5.22. The van der Waals surface area contributed by atoms with Gasteiger partial charge >= 0.3 is 0 Å². The van der Waals surface area contributed by atoms with Gasteiger partial charge in [0, 0.05) is 32.3 Å². The van der Waals surface area contributed by atoms with Gasteiger partial charge in [-0.3, -0.25) is 0 Å². The molecule has 0 aliphatic rings. The van der Waals surface area contributed by atoms with Gasteiger partial charge in [0.05, 0.1) is 17.3 Å². The molecule has 0 aliphatic heterocycles. The fraction of sp³-hybridized carbons (Fsp3) is 0.647. The Bertz CT molecular complexity index is 423. The van der Waals surface area contributed by atoms with Crippen LogP contribution in [0.3, 0.4) is 0 Å². The molecule has 3 nitrogen and oxygen atoms in total. The van der Waals surface area contributed by atoms with E-state index in [4.69, 9.17) is 16.3 Å². The maximum atomic E-state index is 6.51. The van der Waals surface area contributed by atoms with Crippen molar-refractivity contribution in [3.63, 3.8) is 0 Å². The van der Waals surface area contributed by atoms with Crippen LogP contribution in [-0.2, 0) is 11.3 Å². The topological polar surface area (TPSA) is 24.5 Å². The first-order valence-electron chi connectivity index (χ1n) is 7.77. The Kier molecular flexibility index (Phi) is 8.09. The van der Waals surface area contributed by atoms with E-state index < -0.39 is 0 Å². The Balaban J connectivity index is 2.88. The molecule has 0 aromatic heterocycles. The number of nitrogens with zero attached hydrogens (tertiary/aromatic N) is 1. The molecule has 0 saturated heterocycles. The maximum Gasteiger partial charge on any atom is 0.0642 e. The van der Waals surface area contributed by atoms with Crippen molar-refractivity contribution < 1.29 is 4.74 Å². The van der Waals surface area contributed by atoms with Gasteiger partial charge in [0.25, 0.3) is 0 Å². The summed E-state index contributed by atoms with van der Waals surface area (Å²) in [5.41, 5.74) is 2.31. The van der Waals surface area contributed by atoms with E-state index >= 15 is 0 Å². The van der Waals surface area contributed by atoms with Crippen molar-refractivity contribution in [1.82, 2.24) is 5.32 Å². The predicted octanol–water partition coefficient (Wildman–Crippen LogP) is 4.09. The van der Waals surface area contributed by atoms with Crippen LogP contribution in [0.15, 0.2) is 18.2 Å². The number of halogens is 1. The molecule has 0 saturated carbocycles. The van der Waals surface area contributed by atoms with Gasteiger partial charge in [-0.2, -0.15) is 0 Å². The molecule has 0 fully saturated rings. The molecular formula is C17H29ClN2O. The third-order valence-electron chi connectivity index (χ3n) is 3.70. The van der Waals surface area contributed by atoms with Crippen LogP contribution in [0.4, 0.5) is 5.69 Å². The molecule has 0 amide bonds. The largest absolute Gasteiger partial charge is 0.383 e. The van der Waals surface area contributed by atoms with Crippen molar-refractivity contribution in [3.8, 4) is 0 Å². The molecular weight excluding hydrogens is 284 g/mol. The Morgan fingerprint density at radius 2 is 2.00 bits per heavy atom. The van der Waals surface area contributed by atoms with E-state index in [1.165, 1.54) is 5.56 Å². The highest BCUT2D eigenvalue weighted by Gasteiger charge is 2.16. The van der Waals surface area contributed by atoms with Crippen LogP contribution in [-0.4, -0.2) is 32.3 Å². The minimum Gasteiger partial charge on any atom is -0.383 e. The van der Waals surface area contributed by atoms with Gasteiger partial charge in [-0.15, -0.1) is 0 Å². The third kappa shape index (κ3) is 5.85. The van der Waals surface area contributed by atoms with Crippen LogP contribution in [0.5, 0.6) is 0 Å². The van der Waals surface area contributed by atoms with Crippen molar-refractivity contribution in [3.05, 3.63) is 28.8 Å². The first-order valence-corrected chi connectivity index (χ1v) is 8.14. The average Bonchev–Trinajstić information content (AvgIpc) is 2.46.